The lowest BCUT2D eigenvalue weighted by atomic mass is 9.96. The molecule has 234 valence electrons. The number of carbonyl (C=O) groups excluding carboxylic acids is 1. The minimum absolute atomic E-state index is 0.108. The maximum atomic E-state index is 14.0. The molecule has 0 amide bonds. The molecule has 1 heterocycles. The summed E-state index contributed by atoms with van der Waals surface area (Å²) in [6.07, 6.45) is 12.6. The molecule has 0 fully saturated rings. The van der Waals surface area contributed by atoms with Crippen LogP contribution in [0.15, 0.2) is 114 Å². The van der Waals surface area contributed by atoms with Gasteiger partial charge in [0.2, 0.25) is 5.78 Å². The lowest BCUT2D eigenvalue weighted by Crippen LogP contribution is -2.16. The zero-order valence-corrected chi connectivity index (χ0v) is 28.2. The van der Waals surface area contributed by atoms with Gasteiger partial charge in [-0.3, -0.25) is 4.79 Å². The molecule has 0 aliphatic heterocycles. The Bertz CT molecular complexity index is 1740. The number of aryl methyl sites for hydroxylation is 1. The van der Waals surface area contributed by atoms with Gasteiger partial charge in [0.15, 0.2) is 0 Å². The van der Waals surface area contributed by atoms with Crippen LogP contribution >= 0.6 is 23.4 Å². The smallest absolute Gasteiger partial charge is 0.210 e. The third-order valence-electron chi connectivity index (χ3n) is 7.78. The predicted molar refractivity (Wildman–Crippen MR) is 196 cm³/mol. The Labute approximate surface area is 277 Å². The Kier molecular flexibility index (Phi) is 12.9. The third-order valence-corrected chi connectivity index (χ3v) is 9.04. The number of Topliss-reactive ketones (excluding diaryl/α,β-unsaturated/α-hetero) is 1. The van der Waals surface area contributed by atoms with Gasteiger partial charge in [0.25, 0.3) is 0 Å². The van der Waals surface area contributed by atoms with Gasteiger partial charge < -0.3 is 9.40 Å². The lowest BCUT2D eigenvalue weighted by molar-refractivity contribution is 0.104. The Morgan fingerprint density at radius 2 is 1.67 bits per heavy atom. The van der Waals surface area contributed by atoms with Crippen molar-refractivity contribution < 1.29 is 9.63 Å². The Hall–Kier alpha value is -3.80. The number of rotatable bonds is 17. The number of fused-ring (bicyclic) bond motifs is 3. The van der Waals surface area contributed by atoms with Crippen molar-refractivity contribution >= 4 is 62.2 Å². The molecule has 0 N–H and O–H groups in total. The van der Waals surface area contributed by atoms with E-state index in [1.807, 2.05) is 73.7 Å². The number of oxime groups is 1. The average molecular weight is 639 g/mol. The molecular formula is C39H43ClN2O2S. The normalized spacial score (nSPS) is 12.4. The molecule has 0 bridgehead atoms. The van der Waals surface area contributed by atoms with Gasteiger partial charge in [-0.15, -0.1) is 11.8 Å². The summed E-state index contributed by atoms with van der Waals surface area (Å²) in [4.78, 5) is 20.8. The van der Waals surface area contributed by atoms with E-state index in [4.69, 9.17) is 16.4 Å². The average Bonchev–Trinajstić information content (AvgIpc) is 3.38. The number of ketones is 1. The molecule has 4 aromatic rings. The van der Waals surface area contributed by atoms with Crippen molar-refractivity contribution in [3.05, 3.63) is 120 Å². The summed E-state index contributed by atoms with van der Waals surface area (Å²) in [5, 5.41) is 7.21. The van der Waals surface area contributed by atoms with Gasteiger partial charge >= 0.3 is 0 Å². The fourth-order valence-corrected chi connectivity index (χ4v) is 6.30. The summed E-state index contributed by atoms with van der Waals surface area (Å²) in [6.45, 7) is 16.0. The zero-order chi connectivity index (χ0) is 32.2. The molecule has 4 nitrogen and oxygen atoms in total. The molecule has 0 atom stereocenters. The fourth-order valence-electron chi connectivity index (χ4n) is 5.31. The van der Waals surface area contributed by atoms with Gasteiger partial charge in [-0.05, 0) is 98.0 Å². The molecule has 1 aromatic heterocycles. The van der Waals surface area contributed by atoms with Crippen LogP contribution in [0.4, 0.5) is 0 Å². The molecule has 4 rings (SSSR count). The van der Waals surface area contributed by atoms with Crippen molar-refractivity contribution in [2.75, 3.05) is 12.4 Å². The molecule has 0 aliphatic carbocycles. The van der Waals surface area contributed by atoms with Crippen LogP contribution in [0.25, 0.3) is 27.4 Å². The number of nitrogens with zero attached hydrogens (tertiary/aromatic N) is 2. The van der Waals surface area contributed by atoms with Crippen LogP contribution in [0, 0.1) is 0 Å². The first-order valence-corrected chi connectivity index (χ1v) is 17.1. The molecule has 0 saturated carbocycles. The number of unbranched alkanes of at least 4 members (excludes halogenated alkanes) is 3. The first-order valence-electron chi connectivity index (χ1n) is 15.7. The van der Waals surface area contributed by atoms with Gasteiger partial charge in [0, 0.05) is 56.0 Å². The van der Waals surface area contributed by atoms with E-state index in [0.717, 1.165) is 75.6 Å². The third kappa shape index (κ3) is 8.68. The van der Waals surface area contributed by atoms with E-state index in [-0.39, 0.29) is 5.78 Å². The first-order chi connectivity index (χ1) is 21.9. The monoisotopic (exact) mass is 638 g/mol. The second kappa shape index (κ2) is 17.0. The number of hydrogen-bond acceptors (Lipinski definition) is 4. The van der Waals surface area contributed by atoms with E-state index in [1.165, 1.54) is 0 Å². The topological polar surface area (TPSA) is 43.6 Å². The zero-order valence-electron chi connectivity index (χ0n) is 26.7. The predicted octanol–water partition coefficient (Wildman–Crippen LogP) is 11.5. The number of benzene rings is 3. The van der Waals surface area contributed by atoms with E-state index in [9.17, 15) is 4.79 Å². The number of aromatic nitrogens is 1. The van der Waals surface area contributed by atoms with Crippen molar-refractivity contribution in [3.63, 3.8) is 0 Å². The van der Waals surface area contributed by atoms with Gasteiger partial charge in [0.05, 0.1) is 0 Å². The molecule has 0 spiro atoms. The van der Waals surface area contributed by atoms with E-state index in [0.29, 0.717) is 35.1 Å². The van der Waals surface area contributed by atoms with Crippen molar-refractivity contribution in [3.8, 4) is 0 Å². The van der Waals surface area contributed by atoms with Crippen molar-refractivity contribution in [2.24, 2.45) is 5.16 Å². The van der Waals surface area contributed by atoms with Gasteiger partial charge in [-0.2, -0.15) is 0 Å². The summed E-state index contributed by atoms with van der Waals surface area (Å²) in [6, 6.07) is 20.1. The summed E-state index contributed by atoms with van der Waals surface area (Å²) in [5.74, 6) is 0.587. The second-order valence-corrected chi connectivity index (χ2v) is 12.5. The number of allylic oxidation sites excluding steroid dienone is 6. The van der Waals surface area contributed by atoms with Gasteiger partial charge in [-0.25, -0.2) is 0 Å². The van der Waals surface area contributed by atoms with Crippen molar-refractivity contribution in [2.45, 2.75) is 64.3 Å². The molecular weight excluding hydrogens is 596 g/mol. The molecule has 0 unspecified atom stereocenters. The van der Waals surface area contributed by atoms with Crippen molar-refractivity contribution in [1.82, 2.24) is 4.57 Å². The summed E-state index contributed by atoms with van der Waals surface area (Å²) < 4.78 is 2.28. The van der Waals surface area contributed by atoms with E-state index >= 15 is 0 Å². The van der Waals surface area contributed by atoms with E-state index < -0.39 is 0 Å². The van der Waals surface area contributed by atoms with Crippen LogP contribution in [0.5, 0.6) is 0 Å². The van der Waals surface area contributed by atoms with Crippen LogP contribution in [-0.4, -0.2) is 28.4 Å². The molecule has 0 aliphatic rings. The summed E-state index contributed by atoms with van der Waals surface area (Å²) >= 11 is 7.72. The highest BCUT2D eigenvalue weighted by Gasteiger charge is 2.19. The van der Waals surface area contributed by atoms with Crippen LogP contribution in [0.3, 0.4) is 0 Å². The fraction of sp³-hybridized carbons (Fsp3) is 0.282. The Balaban J connectivity index is 1.67. The van der Waals surface area contributed by atoms with Crippen LogP contribution in [0.1, 0.15) is 68.8 Å². The number of halogens is 1. The maximum absolute atomic E-state index is 14.0. The Morgan fingerprint density at radius 1 is 0.978 bits per heavy atom. The van der Waals surface area contributed by atoms with Crippen LogP contribution in [-0.2, 0) is 11.4 Å². The van der Waals surface area contributed by atoms with Crippen molar-refractivity contribution in [1.29, 1.82) is 0 Å². The van der Waals surface area contributed by atoms with E-state index in [2.05, 4.69) is 54.9 Å². The highest BCUT2D eigenvalue weighted by atomic mass is 35.5. The minimum atomic E-state index is -0.108. The lowest BCUT2D eigenvalue weighted by Gasteiger charge is -2.08. The minimum Gasteiger partial charge on any atom is -0.395 e. The quantitative estimate of drug-likeness (QED) is 0.0288. The number of carbonyl (C=O) groups is 1. The summed E-state index contributed by atoms with van der Waals surface area (Å²) in [5.41, 5.74) is 6.13. The molecule has 3 aromatic carbocycles. The molecule has 45 heavy (non-hydrogen) atoms. The van der Waals surface area contributed by atoms with E-state index in [1.54, 1.807) is 11.8 Å². The Morgan fingerprint density at radius 3 is 2.31 bits per heavy atom. The van der Waals surface area contributed by atoms with Crippen LogP contribution < -0.4 is 0 Å². The largest absolute Gasteiger partial charge is 0.395 e. The van der Waals surface area contributed by atoms with Gasteiger partial charge in [0.1, 0.15) is 12.3 Å². The maximum Gasteiger partial charge on any atom is 0.210 e. The molecule has 0 radical (unpaired) electrons. The highest BCUT2D eigenvalue weighted by Crippen LogP contribution is 2.34. The standard InChI is InChI=1S/C39H43ClN2O2S/c1-6-10-12-13-24-44-41-36(23-25-45-33-19-17-32(40)18-20-33)39(43)31-16-22-38-35(27-31)34-26-30(15-21-37(34)42(38)9-4)28(5)29(8-3)14-11-7-2/h7-8,11,14-22,26-27H,3,5-6,9-10,12-13,23-25H2,1-2,4H3/b11-7-,29-14+,41-36+. The molecule has 6 heteroatoms. The summed E-state index contributed by atoms with van der Waals surface area (Å²) in [7, 11) is 0. The number of hydrogen-bond donors (Lipinski definition) is 0. The molecule has 0 saturated heterocycles. The SMILES string of the molecule is C=C/C(=C\C=C/C)C(=C)c1ccc2c(c1)c1cc(C(=O)/C(CCSc3ccc(Cl)cc3)=N/OCCCCCC)ccc1n2CC. The highest BCUT2D eigenvalue weighted by molar-refractivity contribution is 7.99. The first kappa shape index (κ1) is 34.1. The number of thioether (sulfide) groups is 1. The van der Waals surface area contributed by atoms with Crippen LogP contribution in [0.2, 0.25) is 5.02 Å². The van der Waals surface area contributed by atoms with Gasteiger partial charge in [-0.1, -0.05) is 80.1 Å². The second-order valence-electron chi connectivity index (χ2n) is 10.9.